The number of H-pyrrole nitrogens is 1. The summed E-state index contributed by atoms with van der Waals surface area (Å²) in [6.07, 6.45) is 3.16. The van der Waals surface area contributed by atoms with Gasteiger partial charge in [-0.1, -0.05) is 0 Å². The molecule has 0 aliphatic heterocycles. The number of aromatic amines is 1. The third-order valence-corrected chi connectivity index (χ3v) is 7.54. The summed E-state index contributed by atoms with van der Waals surface area (Å²) in [5, 5.41) is 10.4. The monoisotopic (exact) mass is 446 g/mol. The van der Waals surface area contributed by atoms with Gasteiger partial charge in [0.15, 0.2) is 21.5 Å². The summed E-state index contributed by atoms with van der Waals surface area (Å²) >= 11 is 0. The van der Waals surface area contributed by atoms with Crippen LogP contribution in [0.25, 0.3) is 21.8 Å². The van der Waals surface area contributed by atoms with Crippen LogP contribution in [-0.2, 0) is 9.84 Å². The highest BCUT2D eigenvalue weighted by atomic mass is 32.2. The molecule has 0 aliphatic rings. The van der Waals surface area contributed by atoms with Crippen molar-refractivity contribution in [3.05, 3.63) is 59.9 Å². The Kier molecular flexibility index (Phi) is 6.00. The maximum Gasteiger partial charge on any atom is 0.184 e. The van der Waals surface area contributed by atoms with Gasteiger partial charge in [-0.05, 0) is 63.6 Å². The van der Waals surface area contributed by atoms with E-state index in [1.807, 2.05) is 26.1 Å². The van der Waals surface area contributed by atoms with Crippen LogP contribution in [0.15, 0.2) is 47.6 Å². The fourth-order valence-electron chi connectivity index (χ4n) is 3.07. The van der Waals surface area contributed by atoms with Crippen LogP contribution in [-0.4, -0.2) is 35.4 Å². The molecule has 2 heterocycles. The highest BCUT2D eigenvalue weighted by Gasteiger charge is 2.32. The van der Waals surface area contributed by atoms with Crippen LogP contribution in [0.2, 0.25) is 0 Å². The van der Waals surface area contributed by atoms with Crippen molar-refractivity contribution in [2.45, 2.75) is 37.3 Å². The second-order valence-electron chi connectivity index (χ2n) is 8.05. The first-order valence-electron chi connectivity index (χ1n) is 9.56. The number of nitrogens with one attached hydrogen (secondary N) is 2. The van der Waals surface area contributed by atoms with E-state index < -0.39 is 26.2 Å². The van der Waals surface area contributed by atoms with Gasteiger partial charge in [-0.2, -0.15) is 5.10 Å². The molecule has 0 saturated carbocycles. The zero-order chi connectivity index (χ0) is 23.0. The summed E-state index contributed by atoms with van der Waals surface area (Å²) in [7, 11) is -1.57. The van der Waals surface area contributed by atoms with Crippen LogP contribution in [0.5, 0.6) is 0 Å². The van der Waals surface area contributed by atoms with Gasteiger partial charge in [-0.15, -0.1) is 0 Å². The predicted molar refractivity (Wildman–Crippen MR) is 119 cm³/mol. The summed E-state index contributed by atoms with van der Waals surface area (Å²) in [4.78, 5) is 4.68. The summed E-state index contributed by atoms with van der Waals surface area (Å²) in [5.74, 6) is -1.73. The zero-order valence-electron chi connectivity index (χ0n) is 17.9. The van der Waals surface area contributed by atoms with Crippen molar-refractivity contribution in [3.63, 3.8) is 0 Å². The average Bonchev–Trinajstić information content (AvgIpc) is 3.19. The van der Waals surface area contributed by atoms with Crippen LogP contribution < -0.4 is 5.32 Å². The van der Waals surface area contributed by atoms with E-state index >= 15 is 0 Å². The molecule has 31 heavy (non-hydrogen) atoms. The number of sulfone groups is 1. The number of pyridine rings is 1. The first-order valence-corrected chi connectivity index (χ1v) is 11.0. The fourth-order valence-corrected chi connectivity index (χ4v) is 4.48. The van der Waals surface area contributed by atoms with Crippen LogP contribution in [0.3, 0.4) is 0 Å². The lowest BCUT2D eigenvalue weighted by molar-refractivity contribution is 0.515. The van der Waals surface area contributed by atoms with Gasteiger partial charge in [0.05, 0.1) is 21.4 Å². The molecule has 0 spiro atoms. The van der Waals surface area contributed by atoms with Gasteiger partial charge in [0.2, 0.25) is 0 Å². The van der Waals surface area contributed by atoms with Crippen molar-refractivity contribution >= 4 is 37.3 Å². The van der Waals surface area contributed by atoms with E-state index in [0.29, 0.717) is 10.3 Å². The lowest BCUT2D eigenvalue weighted by Gasteiger charge is -2.21. The number of benzene rings is 2. The number of hydrogen-bond donors (Lipinski definition) is 2. The molecule has 0 radical (unpaired) electrons. The molecule has 2 aromatic heterocycles. The van der Waals surface area contributed by atoms with Crippen LogP contribution in [0.1, 0.15) is 26.3 Å². The van der Waals surface area contributed by atoms with Crippen LogP contribution >= 0.6 is 0 Å². The van der Waals surface area contributed by atoms with Crippen molar-refractivity contribution in [1.82, 2.24) is 15.2 Å². The molecule has 4 rings (SSSR count). The van der Waals surface area contributed by atoms with Gasteiger partial charge < -0.3 is 5.32 Å². The van der Waals surface area contributed by atoms with Gasteiger partial charge in [-0.25, -0.2) is 17.2 Å². The Morgan fingerprint density at radius 1 is 1.10 bits per heavy atom. The molecule has 0 bridgehead atoms. The minimum absolute atomic E-state index is 0.116. The van der Waals surface area contributed by atoms with Crippen LogP contribution in [0.4, 0.5) is 14.5 Å². The number of rotatable bonds is 2. The smallest absolute Gasteiger partial charge is 0.184 e. The third kappa shape index (κ3) is 4.23. The van der Waals surface area contributed by atoms with Crippen molar-refractivity contribution in [1.29, 1.82) is 0 Å². The van der Waals surface area contributed by atoms with Crippen molar-refractivity contribution in [3.8, 4) is 0 Å². The van der Waals surface area contributed by atoms with Crippen molar-refractivity contribution in [2.75, 3.05) is 12.4 Å². The Hall–Kier alpha value is -3.07. The Bertz CT molecular complexity index is 1360. The molecular weight excluding hydrogens is 422 g/mol. The van der Waals surface area contributed by atoms with E-state index in [9.17, 15) is 17.2 Å². The number of nitrogens with zero attached hydrogens (tertiary/aromatic N) is 2. The number of aryl methyl sites for hydroxylation is 1. The molecule has 9 heteroatoms. The maximum atomic E-state index is 12.8. The van der Waals surface area contributed by atoms with E-state index in [4.69, 9.17) is 0 Å². The number of fused-ring (bicyclic) bond motifs is 2. The lowest BCUT2D eigenvalue weighted by Crippen LogP contribution is -2.28. The average molecular weight is 447 g/mol. The summed E-state index contributed by atoms with van der Waals surface area (Å²) < 4.78 is 49.8. The van der Waals surface area contributed by atoms with E-state index in [1.165, 1.54) is 12.3 Å². The Balaban J connectivity index is 0.000000207. The molecule has 0 aliphatic carbocycles. The minimum Gasteiger partial charge on any atom is -0.388 e. The number of anilines is 1. The maximum absolute atomic E-state index is 12.8. The molecule has 2 N–H and O–H groups in total. The molecule has 2 aromatic carbocycles. The lowest BCUT2D eigenvalue weighted by atomic mass is 10.1. The van der Waals surface area contributed by atoms with E-state index in [1.54, 1.807) is 33.0 Å². The number of halogens is 2. The first kappa shape index (κ1) is 22.6. The van der Waals surface area contributed by atoms with Crippen molar-refractivity contribution < 1.29 is 17.2 Å². The molecule has 6 nitrogen and oxygen atoms in total. The third-order valence-electron chi connectivity index (χ3n) is 4.91. The Labute approximate surface area is 179 Å². The molecule has 164 valence electrons. The van der Waals surface area contributed by atoms with Gasteiger partial charge in [0.25, 0.3) is 0 Å². The molecule has 0 atom stereocenters. The number of aromatic nitrogens is 3. The molecule has 0 fully saturated rings. The Morgan fingerprint density at radius 2 is 1.81 bits per heavy atom. The van der Waals surface area contributed by atoms with Gasteiger partial charge in [0.1, 0.15) is 5.52 Å². The topological polar surface area (TPSA) is 87.7 Å². The quantitative estimate of drug-likeness (QED) is 0.453. The van der Waals surface area contributed by atoms with E-state index in [2.05, 4.69) is 20.5 Å². The minimum atomic E-state index is -3.38. The standard InChI is InChI=1S/C15H20N2O2S.C7H4F2N2/c1-10-8-13-11(12(16-5)6-7-17-13)9-14(10)20(18,19)15(2,3)4;8-5-2-1-4-3-10-11-7(4)6(5)9/h6-9H,1-5H3,(H,16,17);1-3H,(H,10,11). The predicted octanol–water partition coefficient (Wildman–Crippen LogP) is 5.00. The van der Waals surface area contributed by atoms with Gasteiger partial charge in [-0.3, -0.25) is 10.1 Å². The van der Waals surface area contributed by atoms with E-state index in [0.717, 1.165) is 28.2 Å². The summed E-state index contributed by atoms with van der Waals surface area (Å²) in [6.45, 7) is 6.96. The summed E-state index contributed by atoms with van der Waals surface area (Å²) in [5.41, 5.74) is 2.51. The van der Waals surface area contributed by atoms with Gasteiger partial charge in [0, 0.05) is 29.7 Å². The number of hydrogen-bond acceptors (Lipinski definition) is 5. The SMILES string of the molecule is CNc1ccnc2cc(C)c(S(=O)(=O)C(C)(C)C)cc12.Fc1ccc2cn[nH]c2c1F. The molecule has 0 saturated heterocycles. The molecule has 0 amide bonds. The van der Waals surface area contributed by atoms with E-state index in [-0.39, 0.29) is 5.52 Å². The second-order valence-corrected chi connectivity index (χ2v) is 10.7. The highest BCUT2D eigenvalue weighted by molar-refractivity contribution is 7.92. The van der Waals surface area contributed by atoms with Gasteiger partial charge >= 0.3 is 0 Å². The van der Waals surface area contributed by atoms with Crippen molar-refractivity contribution in [2.24, 2.45) is 0 Å². The first-order chi connectivity index (χ1) is 14.5. The fraction of sp³-hybridized carbons (Fsp3) is 0.273. The normalized spacial score (nSPS) is 12.0. The molecular formula is C22H24F2N4O2S. The highest BCUT2D eigenvalue weighted by Crippen LogP contribution is 2.32. The molecule has 4 aromatic rings. The largest absolute Gasteiger partial charge is 0.388 e. The second kappa shape index (κ2) is 8.22. The van der Waals surface area contributed by atoms with Crippen LogP contribution in [0, 0.1) is 18.6 Å². The Morgan fingerprint density at radius 3 is 2.45 bits per heavy atom. The summed E-state index contributed by atoms with van der Waals surface area (Å²) in [6, 6.07) is 7.94. The zero-order valence-corrected chi connectivity index (χ0v) is 18.7. The molecule has 0 unspecified atom stereocenters.